The van der Waals surface area contributed by atoms with E-state index in [0.717, 1.165) is 14.6 Å². The maximum absolute atomic E-state index is 4.80. The largest absolute Gasteiger partial charge is 0.256 e. The molecule has 1 aliphatic carbocycles. The van der Waals surface area contributed by atoms with Crippen LogP contribution < -0.4 is 0 Å². The Labute approximate surface area is 221 Å². The maximum Gasteiger partial charge on any atom is 0.0568 e. The lowest BCUT2D eigenvalue weighted by Gasteiger charge is -2.06. The van der Waals surface area contributed by atoms with Gasteiger partial charge in [-0.25, -0.2) is 0 Å². The monoisotopic (exact) mass is 499 g/mol. The number of unbranched alkanes of at least 4 members (excludes halogenated alkanes) is 19. The number of aryl methyl sites for hydroxylation is 1. The molecule has 0 bridgehead atoms. The van der Waals surface area contributed by atoms with Crippen LogP contribution in [0.5, 0.6) is 0 Å². The molecule has 0 spiro atoms. The molecule has 0 N–H and O–H groups in total. The average Bonchev–Trinajstić information content (AvgIpc) is 3.53. The molecule has 1 heterocycles. The van der Waals surface area contributed by atoms with Crippen molar-refractivity contribution in [2.75, 3.05) is 0 Å². The molecule has 1 aromatic rings. The summed E-state index contributed by atoms with van der Waals surface area (Å²) >= 11 is 0. The first-order chi connectivity index (χ1) is 17.3. The summed E-state index contributed by atoms with van der Waals surface area (Å²) < 4.78 is 0. The molecule has 1 aromatic heterocycles. The molecule has 1 nitrogen and oxygen atoms in total. The molecule has 2 heteroatoms. The van der Waals surface area contributed by atoms with E-state index in [2.05, 4.69) is 32.2 Å². The van der Waals surface area contributed by atoms with Crippen LogP contribution in [0.25, 0.3) is 5.57 Å². The highest BCUT2D eigenvalue weighted by atomic mass is 31.0. The van der Waals surface area contributed by atoms with E-state index in [1.165, 1.54) is 153 Å². The smallest absolute Gasteiger partial charge is 0.0568 e. The highest BCUT2D eigenvalue weighted by Crippen LogP contribution is 2.37. The molecule has 1 aliphatic rings. The lowest BCUT2D eigenvalue weighted by molar-refractivity contribution is 0.529. The summed E-state index contributed by atoms with van der Waals surface area (Å²) in [5, 5.41) is 1.55. The van der Waals surface area contributed by atoms with Crippen molar-refractivity contribution in [3.05, 3.63) is 34.6 Å². The van der Waals surface area contributed by atoms with E-state index in [1.807, 2.05) is 0 Å². The van der Waals surface area contributed by atoms with Crippen LogP contribution in [0, 0.1) is 0 Å². The van der Waals surface area contributed by atoms with Crippen LogP contribution in [0.4, 0.5) is 0 Å². The summed E-state index contributed by atoms with van der Waals surface area (Å²) in [4.78, 5) is 4.80. The van der Waals surface area contributed by atoms with Gasteiger partial charge in [0.05, 0.1) is 5.43 Å². The van der Waals surface area contributed by atoms with Gasteiger partial charge in [-0.2, -0.15) is 0 Å². The van der Waals surface area contributed by atoms with Crippen molar-refractivity contribution >= 4 is 13.8 Å². The summed E-state index contributed by atoms with van der Waals surface area (Å²) in [6, 6.07) is 0. The minimum atomic E-state index is 0.840. The average molecular weight is 500 g/mol. The Kier molecular flexibility index (Phi) is 18.5. The third-order valence-electron chi connectivity index (χ3n) is 7.80. The van der Waals surface area contributed by atoms with Crippen LogP contribution >= 0.6 is 8.19 Å². The number of allylic oxidation sites excluding steroid dienone is 4. The van der Waals surface area contributed by atoms with Crippen LogP contribution in [0.2, 0.25) is 0 Å². The van der Waals surface area contributed by atoms with Crippen molar-refractivity contribution in [2.24, 2.45) is 0 Å². The number of hydrogen-bond donors (Lipinski definition) is 0. The molecule has 200 valence electrons. The predicted octanol–water partition coefficient (Wildman–Crippen LogP) is 12.0. The summed E-state index contributed by atoms with van der Waals surface area (Å²) in [7, 11) is 0.840. The van der Waals surface area contributed by atoms with Crippen LogP contribution in [0.3, 0.4) is 0 Å². The van der Waals surface area contributed by atoms with Crippen LogP contribution in [-0.2, 0) is 6.42 Å². The Balaban J connectivity index is 1.46. The predicted molar refractivity (Wildman–Crippen MR) is 161 cm³/mol. The minimum absolute atomic E-state index is 0.840. The van der Waals surface area contributed by atoms with Gasteiger partial charge >= 0.3 is 0 Å². The molecule has 0 amide bonds. The highest BCUT2D eigenvalue weighted by molar-refractivity contribution is 7.32. The normalized spacial score (nSPS) is 13.7. The SMILES string of the molecule is CCCCCCCCCCCCCCCCCCC1=C(c2cnc(CCCCCCC)[pH]2)CC=C1. The first kappa shape index (κ1) is 30.4. The lowest BCUT2D eigenvalue weighted by Crippen LogP contribution is -1.86. The summed E-state index contributed by atoms with van der Waals surface area (Å²) in [6.45, 7) is 4.59. The topological polar surface area (TPSA) is 12.9 Å². The first-order valence-corrected chi connectivity index (χ1v) is 16.8. The van der Waals surface area contributed by atoms with Crippen molar-refractivity contribution in [1.82, 2.24) is 4.98 Å². The van der Waals surface area contributed by atoms with E-state index in [4.69, 9.17) is 4.98 Å². The van der Waals surface area contributed by atoms with Crippen LogP contribution in [0.1, 0.15) is 172 Å². The molecular formula is C33H58NP. The molecule has 1 unspecified atom stereocenters. The second-order valence-corrected chi connectivity index (χ2v) is 12.4. The molecule has 0 aliphatic heterocycles. The molecular weight excluding hydrogens is 441 g/mol. The van der Waals surface area contributed by atoms with E-state index < -0.39 is 0 Å². The molecule has 0 radical (unpaired) electrons. The summed E-state index contributed by atoms with van der Waals surface area (Å²) in [6.07, 6.45) is 40.6. The minimum Gasteiger partial charge on any atom is -0.256 e. The van der Waals surface area contributed by atoms with Crippen molar-refractivity contribution in [1.29, 1.82) is 0 Å². The molecule has 35 heavy (non-hydrogen) atoms. The van der Waals surface area contributed by atoms with Gasteiger partial charge in [-0.15, -0.1) is 8.19 Å². The van der Waals surface area contributed by atoms with Gasteiger partial charge in [-0.3, -0.25) is 4.98 Å². The Morgan fingerprint density at radius 1 is 0.600 bits per heavy atom. The van der Waals surface area contributed by atoms with Gasteiger partial charge in [0.25, 0.3) is 0 Å². The van der Waals surface area contributed by atoms with Gasteiger partial charge < -0.3 is 0 Å². The number of rotatable bonds is 24. The molecule has 0 aromatic carbocycles. The fourth-order valence-electron chi connectivity index (χ4n) is 5.47. The van der Waals surface area contributed by atoms with Crippen molar-refractivity contribution in [3.63, 3.8) is 0 Å². The number of nitrogens with zero attached hydrogens (tertiary/aromatic N) is 1. The fraction of sp³-hybridized carbons (Fsp3) is 0.788. The van der Waals surface area contributed by atoms with Gasteiger partial charge in [0.1, 0.15) is 0 Å². The third-order valence-corrected chi connectivity index (χ3v) is 9.17. The molecule has 2 rings (SSSR count). The van der Waals surface area contributed by atoms with Crippen molar-refractivity contribution in [3.8, 4) is 0 Å². The molecule has 1 atom stereocenters. The Bertz CT molecular complexity index is 683. The van der Waals surface area contributed by atoms with E-state index in [1.54, 1.807) is 16.4 Å². The summed E-state index contributed by atoms with van der Waals surface area (Å²) in [5.41, 5.74) is 4.69. The van der Waals surface area contributed by atoms with E-state index >= 15 is 0 Å². The number of hydrogen-bond acceptors (Lipinski definition) is 1. The van der Waals surface area contributed by atoms with Gasteiger partial charge in [-0.05, 0) is 43.3 Å². The van der Waals surface area contributed by atoms with E-state index in [9.17, 15) is 0 Å². The Morgan fingerprint density at radius 2 is 1.06 bits per heavy atom. The zero-order valence-electron chi connectivity index (χ0n) is 23.6. The first-order valence-electron chi connectivity index (χ1n) is 15.8. The van der Waals surface area contributed by atoms with Crippen LogP contribution in [-0.4, -0.2) is 4.98 Å². The molecule has 0 fully saturated rings. The Morgan fingerprint density at radius 3 is 1.57 bits per heavy atom. The highest BCUT2D eigenvalue weighted by Gasteiger charge is 2.13. The zero-order valence-corrected chi connectivity index (χ0v) is 24.6. The summed E-state index contributed by atoms with van der Waals surface area (Å²) in [5.74, 6) is 0. The van der Waals surface area contributed by atoms with Crippen LogP contribution in [0.15, 0.2) is 23.9 Å². The lowest BCUT2D eigenvalue weighted by atomic mass is 10.0. The Hall–Kier alpha value is -0.810. The van der Waals surface area contributed by atoms with Gasteiger partial charge in [0.2, 0.25) is 0 Å². The second-order valence-electron chi connectivity index (χ2n) is 11.1. The standard InChI is InChI=1S/C33H58NP/c1-3-5-7-9-10-11-12-13-14-15-16-17-18-19-21-22-25-30-26-24-27-31(30)32-29-34-33(35-32)28-23-20-8-6-4-2/h24,26,29,35H,3-23,25,27-28H2,1-2H3. The zero-order chi connectivity index (χ0) is 24.8. The van der Waals surface area contributed by atoms with Crippen molar-refractivity contribution < 1.29 is 0 Å². The molecule has 0 saturated heterocycles. The van der Waals surface area contributed by atoms with Gasteiger partial charge in [-0.1, -0.05) is 148 Å². The second kappa shape index (κ2) is 21.3. The van der Waals surface area contributed by atoms with Gasteiger partial charge in [0, 0.05) is 11.5 Å². The van der Waals surface area contributed by atoms with Gasteiger partial charge in [0.15, 0.2) is 0 Å². The number of aromatic nitrogens is 1. The fourth-order valence-corrected chi connectivity index (χ4v) is 6.75. The third kappa shape index (κ3) is 14.5. The van der Waals surface area contributed by atoms with E-state index in [0.29, 0.717) is 0 Å². The van der Waals surface area contributed by atoms with E-state index in [-0.39, 0.29) is 0 Å². The maximum atomic E-state index is 4.80. The van der Waals surface area contributed by atoms with Crippen molar-refractivity contribution in [2.45, 2.75) is 168 Å². The quantitative estimate of drug-likeness (QED) is 0.129. The molecule has 0 saturated carbocycles.